The SMILES string of the molecule is CC(=O)O.CC(=O)O.CC(=O)O.CC(=O)O.NCCN.O.O.O.O.[NaH]. The van der Waals surface area contributed by atoms with Crippen LogP contribution in [0.3, 0.4) is 0 Å². The molecule has 0 aliphatic heterocycles. The molecule has 156 valence electrons. The first-order valence-corrected chi connectivity index (χ1v) is 5.03. The van der Waals surface area contributed by atoms with Crippen LogP contribution in [-0.2, 0) is 19.2 Å². The molecule has 0 fully saturated rings. The molecule has 0 saturated heterocycles. The van der Waals surface area contributed by atoms with Crippen LogP contribution in [0.15, 0.2) is 0 Å². The predicted octanol–water partition coefficient (Wildman–Crippen LogP) is -4.68. The summed E-state index contributed by atoms with van der Waals surface area (Å²) in [4.78, 5) is 36.0. The molecule has 16 N–H and O–H groups in total. The summed E-state index contributed by atoms with van der Waals surface area (Å²) < 4.78 is 0. The summed E-state index contributed by atoms with van der Waals surface area (Å²) in [6, 6.07) is 0. The van der Waals surface area contributed by atoms with Crippen molar-refractivity contribution in [3.63, 3.8) is 0 Å². The Hall–Kier alpha value is -1.36. The van der Waals surface area contributed by atoms with Crippen molar-refractivity contribution in [2.24, 2.45) is 11.5 Å². The van der Waals surface area contributed by atoms with Gasteiger partial charge in [0.2, 0.25) is 0 Å². The van der Waals surface area contributed by atoms with Crippen LogP contribution in [0.25, 0.3) is 0 Å². The van der Waals surface area contributed by atoms with Gasteiger partial charge in [0.1, 0.15) is 0 Å². The van der Waals surface area contributed by atoms with E-state index in [4.69, 9.17) is 51.1 Å². The third-order valence-corrected chi connectivity index (χ3v) is 0.167. The predicted molar refractivity (Wildman–Crippen MR) is 93.0 cm³/mol. The fraction of sp³-hybridized carbons (Fsp3) is 0.600. The summed E-state index contributed by atoms with van der Waals surface area (Å²) in [5.74, 6) is -3.33. The third-order valence-electron chi connectivity index (χ3n) is 0.167. The number of carboxylic acid groups (broad SMARTS) is 4. The minimum absolute atomic E-state index is 0. The fourth-order valence-electron chi connectivity index (χ4n) is 0. The Morgan fingerprint density at radius 3 is 0.600 bits per heavy atom. The Kier molecular flexibility index (Phi) is 173. The van der Waals surface area contributed by atoms with E-state index in [9.17, 15) is 0 Å². The normalized spacial score (nSPS) is 5.20. The van der Waals surface area contributed by atoms with Gasteiger partial charge >= 0.3 is 29.6 Å². The number of hydrogen-bond acceptors (Lipinski definition) is 6. The minimum atomic E-state index is -0.833. The van der Waals surface area contributed by atoms with Crippen molar-refractivity contribution < 1.29 is 61.5 Å². The zero-order chi connectivity index (χ0) is 17.7. The average molecular weight is 396 g/mol. The summed E-state index contributed by atoms with van der Waals surface area (Å²) in [5, 5.41) is 29.7. The maximum atomic E-state index is 9.00. The first kappa shape index (κ1) is 65.1. The van der Waals surface area contributed by atoms with Crippen molar-refractivity contribution in [3.8, 4) is 0 Å². The number of carbonyl (C=O) groups is 4. The Morgan fingerprint density at radius 1 is 0.560 bits per heavy atom. The van der Waals surface area contributed by atoms with E-state index in [2.05, 4.69) is 0 Å². The summed E-state index contributed by atoms with van der Waals surface area (Å²) >= 11 is 0. The van der Waals surface area contributed by atoms with Gasteiger partial charge < -0.3 is 53.8 Å². The van der Waals surface area contributed by atoms with Gasteiger partial charge in [0, 0.05) is 40.8 Å². The van der Waals surface area contributed by atoms with E-state index >= 15 is 0 Å². The van der Waals surface area contributed by atoms with Crippen LogP contribution in [0.5, 0.6) is 0 Å². The Labute approximate surface area is 167 Å². The molecule has 0 amide bonds. The van der Waals surface area contributed by atoms with Gasteiger partial charge in [-0.15, -0.1) is 0 Å². The summed E-state index contributed by atoms with van der Waals surface area (Å²) in [6.07, 6.45) is 0. The number of nitrogens with two attached hydrogens (primary N) is 2. The molecule has 0 aliphatic carbocycles. The summed E-state index contributed by atoms with van der Waals surface area (Å²) in [7, 11) is 0. The van der Waals surface area contributed by atoms with Gasteiger partial charge in [-0.1, -0.05) is 0 Å². The Bertz CT molecular complexity index is 200. The van der Waals surface area contributed by atoms with E-state index in [0.717, 1.165) is 27.7 Å². The van der Waals surface area contributed by atoms with Crippen molar-refractivity contribution in [3.05, 3.63) is 0 Å². The van der Waals surface area contributed by atoms with Crippen molar-refractivity contribution in [1.82, 2.24) is 0 Å². The second-order valence-corrected chi connectivity index (χ2v) is 2.65. The molecule has 0 atom stereocenters. The topological polar surface area (TPSA) is 327 Å². The van der Waals surface area contributed by atoms with Crippen LogP contribution >= 0.6 is 0 Å². The van der Waals surface area contributed by atoms with Gasteiger partial charge in [0.05, 0.1) is 0 Å². The molecule has 0 bridgehead atoms. The molecule has 0 saturated carbocycles. The van der Waals surface area contributed by atoms with Gasteiger partial charge in [-0.05, 0) is 0 Å². The quantitative estimate of drug-likeness (QED) is 0.230. The van der Waals surface area contributed by atoms with Crippen molar-refractivity contribution in [1.29, 1.82) is 0 Å². The van der Waals surface area contributed by atoms with Crippen LogP contribution in [0.2, 0.25) is 0 Å². The molecule has 0 rings (SSSR count). The van der Waals surface area contributed by atoms with Crippen LogP contribution in [0, 0.1) is 0 Å². The summed E-state index contributed by atoms with van der Waals surface area (Å²) in [6.45, 7) is 5.53. The second-order valence-electron chi connectivity index (χ2n) is 2.65. The molecular weight excluding hydrogens is 363 g/mol. The third kappa shape index (κ3) is 74400. The van der Waals surface area contributed by atoms with Crippen molar-refractivity contribution >= 4 is 53.4 Å². The molecule has 0 aliphatic rings. The second kappa shape index (κ2) is 66.4. The van der Waals surface area contributed by atoms with Gasteiger partial charge in [0.15, 0.2) is 0 Å². The zero-order valence-electron chi connectivity index (χ0n) is 14.0. The van der Waals surface area contributed by atoms with E-state index < -0.39 is 23.9 Å². The van der Waals surface area contributed by atoms with E-state index in [-0.39, 0.29) is 51.5 Å². The molecule has 14 nitrogen and oxygen atoms in total. The van der Waals surface area contributed by atoms with E-state index in [0.29, 0.717) is 13.1 Å². The van der Waals surface area contributed by atoms with Gasteiger partial charge in [-0.2, -0.15) is 0 Å². The van der Waals surface area contributed by atoms with Crippen LogP contribution in [0.1, 0.15) is 27.7 Å². The van der Waals surface area contributed by atoms with Crippen molar-refractivity contribution in [2.75, 3.05) is 13.1 Å². The first-order valence-electron chi connectivity index (χ1n) is 5.03. The molecule has 0 radical (unpaired) electrons. The van der Waals surface area contributed by atoms with Gasteiger partial charge in [-0.25, -0.2) is 0 Å². The van der Waals surface area contributed by atoms with Gasteiger partial charge in [0.25, 0.3) is 23.9 Å². The molecule has 0 spiro atoms. The van der Waals surface area contributed by atoms with Crippen LogP contribution < -0.4 is 11.5 Å². The monoisotopic (exact) mass is 396 g/mol. The molecule has 0 aromatic rings. The van der Waals surface area contributed by atoms with E-state index in [1.807, 2.05) is 0 Å². The fourth-order valence-corrected chi connectivity index (χ4v) is 0. The number of aliphatic carboxylic acids is 4. The van der Waals surface area contributed by atoms with Crippen LogP contribution in [-0.4, -0.2) is 109 Å². The first-order chi connectivity index (χ1) is 8.84. The van der Waals surface area contributed by atoms with Gasteiger partial charge in [-0.3, -0.25) is 19.2 Å². The number of rotatable bonds is 1. The molecular formula is C10H33N2NaO12. The van der Waals surface area contributed by atoms with E-state index in [1.165, 1.54) is 0 Å². The standard InChI is InChI=1S/C2H8N2.4C2H4O2.Na.4H2O.H/c3-1-2-4;4*1-2(3)4;;;;;;/h1-4H2;4*1H3,(H,3,4);;4*1H2;. The molecule has 25 heavy (non-hydrogen) atoms. The zero-order valence-corrected chi connectivity index (χ0v) is 14.0. The Balaban J connectivity index is -0.0000000134. The maximum absolute atomic E-state index is 9.00. The average Bonchev–Trinajstić information content (AvgIpc) is 2.13. The Morgan fingerprint density at radius 2 is 0.600 bits per heavy atom. The number of carboxylic acids is 4. The molecule has 0 aromatic heterocycles. The molecule has 0 aromatic carbocycles. The van der Waals surface area contributed by atoms with Crippen LogP contribution in [0.4, 0.5) is 0 Å². The molecule has 0 heterocycles. The molecule has 0 unspecified atom stereocenters. The number of hydrogen-bond donors (Lipinski definition) is 6. The molecule has 15 heteroatoms. The van der Waals surface area contributed by atoms with E-state index in [1.54, 1.807) is 0 Å². The summed E-state index contributed by atoms with van der Waals surface area (Å²) in [5.41, 5.74) is 9.81. The van der Waals surface area contributed by atoms with Crippen molar-refractivity contribution in [2.45, 2.75) is 27.7 Å².